The Morgan fingerprint density at radius 2 is 1.63 bits per heavy atom. The summed E-state index contributed by atoms with van der Waals surface area (Å²) in [5.74, 6) is -1.51. The number of unbranched alkanes of at least 4 members (excludes halogenated alkanes) is 1. The highest BCUT2D eigenvalue weighted by molar-refractivity contribution is 5.91. The van der Waals surface area contributed by atoms with Crippen LogP contribution in [0.3, 0.4) is 0 Å². The summed E-state index contributed by atoms with van der Waals surface area (Å²) in [6.07, 6.45) is 4.06. The van der Waals surface area contributed by atoms with Gasteiger partial charge < -0.3 is 20.6 Å². The van der Waals surface area contributed by atoms with Crippen LogP contribution < -0.4 is 10.6 Å². The van der Waals surface area contributed by atoms with Crippen molar-refractivity contribution >= 4 is 17.8 Å². The Bertz CT molecular complexity index is 887. The van der Waals surface area contributed by atoms with E-state index in [1.54, 1.807) is 25.1 Å². The summed E-state index contributed by atoms with van der Waals surface area (Å²) in [6, 6.07) is 8.08. The van der Waals surface area contributed by atoms with Crippen LogP contribution in [-0.2, 0) is 19.8 Å². The first kappa shape index (κ1) is 30.4. The van der Waals surface area contributed by atoms with Gasteiger partial charge in [0.25, 0.3) is 0 Å². The number of carboxylic acids is 1. The van der Waals surface area contributed by atoms with E-state index in [0.29, 0.717) is 6.42 Å². The Morgan fingerprint density at radius 3 is 2.09 bits per heavy atom. The van der Waals surface area contributed by atoms with Gasteiger partial charge in [-0.1, -0.05) is 90.8 Å². The third kappa shape index (κ3) is 8.20. The fraction of sp³-hybridized carbons (Fsp3) is 0.607. The maximum atomic E-state index is 13.7. The fourth-order valence-electron chi connectivity index (χ4n) is 4.26. The molecule has 3 atom stereocenters. The number of amides is 2. The number of nitrogens with zero attached hydrogens (tertiary/aromatic N) is 1. The largest absolute Gasteiger partial charge is 0.478 e. The number of aliphatic carboxylic acids is 1. The van der Waals surface area contributed by atoms with E-state index >= 15 is 0 Å². The van der Waals surface area contributed by atoms with Gasteiger partial charge in [0.05, 0.1) is 12.1 Å². The summed E-state index contributed by atoms with van der Waals surface area (Å²) >= 11 is 0. The molecule has 7 heteroatoms. The maximum Gasteiger partial charge on any atom is 0.331 e. The number of carbonyl (C=O) groups excluding carboxylic acids is 2. The lowest BCUT2D eigenvalue weighted by molar-refractivity contribution is -0.140. The van der Waals surface area contributed by atoms with Crippen molar-refractivity contribution in [3.05, 3.63) is 47.5 Å². The fourth-order valence-corrected chi connectivity index (χ4v) is 4.26. The first-order valence-electron chi connectivity index (χ1n) is 12.4. The monoisotopic (exact) mass is 487 g/mol. The van der Waals surface area contributed by atoms with Gasteiger partial charge in [-0.05, 0) is 31.4 Å². The van der Waals surface area contributed by atoms with E-state index in [9.17, 15) is 19.5 Å². The molecule has 0 aliphatic carbocycles. The molecule has 3 N–H and O–H groups in total. The van der Waals surface area contributed by atoms with Crippen molar-refractivity contribution < 1.29 is 19.5 Å². The summed E-state index contributed by atoms with van der Waals surface area (Å²) in [5, 5.41) is 15.5. The van der Waals surface area contributed by atoms with E-state index in [0.717, 1.165) is 18.4 Å². The standard InChI is InChI=1S/C28H45N3O4/c1-10-11-17-21(18-19(2)26(34)35)31(9)25(33)23(27(3,4)5)30-24(32)22(29-8)28(6,7)20-15-13-12-14-16-20/h12-16,18,21-23,29H,10-11,17H2,1-9H3,(H,30,32)(H,34,35)/b19-18+/t21-,22+,23+/m0/s1. The zero-order chi connectivity index (χ0) is 27.0. The van der Waals surface area contributed by atoms with Gasteiger partial charge >= 0.3 is 5.97 Å². The number of carboxylic acid groups (broad SMARTS) is 1. The Morgan fingerprint density at radius 1 is 1.06 bits per heavy atom. The molecule has 1 aromatic rings. The molecule has 0 radical (unpaired) electrons. The van der Waals surface area contributed by atoms with Crippen molar-refractivity contribution in [1.82, 2.24) is 15.5 Å². The smallest absolute Gasteiger partial charge is 0.331 e. The van der Waals surface area contributed by atoms with Gasteiger partial charge in [-0.3, -0.25) is 9.59 Å². The molecule has 0 aromatic heterocycles. The third-order valence-corrected chi connectivity index (χ3v) is 6.67. The van der Waals surface area contributed by atoms with Crippen molar-refractivity contribution in [3.63, 3.8) is 0 Å². The SMILES string of the molecule is CCCC[C@@H](/C=C(\C)C(=O)O)N(C)C(=O)[C@@H](NC(=O)[C@@H](NC)C(C)(C)c1ccccc1)C(C)(C)C. The van der Waals surface area contributed by atoms with Gasteiger partial charge in [-0.25, -0.2) is 4.79 Å². The Hall–Kier alpha value is -2.67. The van der Waals surface area contributed by atoms with Crippen LogP contribution >= 0.6 is 0 Å². The Labute approximate surface area is 211 Å². The number of likely N-dealkylation sites (N-methyl/N-ethyl adjacent to an activating group) is 2. The number of benzene rings is 1. The van der Waals surface area contributed by atoms with Gasteiger partial charge in [0.1, 0.15) is 6.04 Å². The Kier molecular flexibility index (Phi) is 11.2. The predicted molar refractivity (Wildman–Crippen MR) is 141 cm³/mol. The molecule has 0 saturated carbocycles. The predicted octanol–water partition coefficient (Wildman–Crippen LogP) is 4.13. The van der Waals surface area contributed by atoms with Crippen LogP contribution in [0, 0.1) is 5.41 Å². The normalized spacial score (nSPS) is 15.2. The lowest BCUT2D eigenvalue weighted by atomic mass is 9.76. The molecule has 1 aromatic carbocycles. The van der Waals surface area contributed by atoms with Gasteiger partial charge in [-0.2, -0.15) is 0 Å². The third-order valence-electron chi connectivity index (χ3n) is 6.67. The minimum Gasteiger partial charge on any atom is -0.478 e. The highest BCUT2D eigenvalue weighted by Gasteiger charge is 2.41. The maximum absolute atomic E-state index is 13.7. The highest BCUT2D eigenvalue weighted by atomic mass is 16.4. The molecule has 0 spiro atoms. The van der Waals surface area contributed by atoms with E-state index < -0.39 is 28.9 Å². The van der Waals surface area contributed by atoms with Crippen molar-refractivity contribution in [3.8, 4) is 0 Å². The molecule has 196 valence electrons. The van der Waals surface area contributed by atoms with Crippen LogP contribution in [0.5, 0.6) is 0 Å². The van der Waals surface area contributed by atoms with E-state index in [-0.39, 0.29) is 23.4 Å². The van der Waals surface area contributed by atoms with E-state index in [4.69, 9.17) is 0 Å². The molecule has 0 aliphatic heterocycles. The number of nitrogens with one attached hydrogen (secondary N) is 2. The highest BCUT2D eigenvalue weighted by Crippen LogP contribution is 2.29. The van der Waals surface area contributed by atoms with Crippen LogP contribution in [0.15, 0.2) is 42.0 Å². The molecule has 35 heavy (non-hydrogen) atoms. The van der Waals surface area contributed by atoms with Crippen molar-refractivity contribution in [1.29, 1.82) is 0 Å². The molecule has 0 fully saturated rings. The second-order valence-electron chi connectivity index (χ2n) is 10.9. The van der Waals surface area contributed by atoms with E-state index in [2.05, 4.69) is 17.6 Å². The van der Waals surface area contributed by atoms with E-state index in [1.807, 2.05) is 65.0 Å². The zero-order valence-electron chi connectivity index (χ0n) is 22.9. The van der Waals surface area contributed by atoms with Crippen LogP contribution in [0.4, 0.5) is 0 Å². The lowest BCUT2D eigenvalue weighted by Gasteiger charge is -2.39. The summed E-state index contributed by atoms with van der Waals surface area (Å²) in [7, 11) is 3.43. The van der Waals surface area contributed by atoms with Crippen LogP contribution in [0.2, 0.25) is 0 Å². The second-order valence-corrected chi connectivity index (χ2v) is 10.9. The van der Waals surface area contributed by atoms with Gasteiger partial charge in [0.15, 0.2) is 0 Å². The first-order valence-corrected chi connectivity index (χ1v) is 12.4. The minimum atomic E-state index is -1.01. The molecule has 7 nitrogen and oxygen atoms in total. The molecule has 0 unspecified atom stereocenters. The summed E-state index contributed by atoms with van der Waals surface area (Å²) in [5.41, 5.74) is 0.126. The summed E-state index contributed by atoms with van der Waals surface area (Å²) < 4.78 is 0. The molecule has 0 saturated heterocycles. The Balaban J connectivity index is 3.27. The topological polar surface area (TPSA) is 98.7 Å². The van der Waals surface area contributed by atoms with Crippen molar-refractivity contribution in [2.75, 3.05) is 14.1 Å². The molecule has 0 bridgehead atoms. The average molecular weight is 488 g/mol. The van der Waals surface area contributed by atoms with Gasteiger partial charge in [-0.15, -0.1) is 0 Å². The van der Waals surface area contributed by atoms with Crippen molar-refractivity contribution in [2.45, 2.75) is 91.3 Å². The number of hydrogen-bond donors (Lipinski definition) is 3. The second kappa shape index (κ2) is 12.9. The first-order chi connectivity index (χ1) is 16.2. The molecular weight excluding hydrogens is 442 g/mol. The summed E-state index contributed by atoms with van der Waals surface area (Å²) in [4.78, 5) is 40.3. The molecule has 1 rings (SSSR count). The number of carbonyl (C=O) groups is 3. The van der Waals surface area contributed by atoms with E-state index in [1.165, 1.54) is 6.92 Å². The minimum absolute atomic E-state index is 0.196. The summed E-state index contributed by atoms with van der Waals surface area (Å²) in [6.45, 7) is 13.3. The average Bonchev–Trinajstić information content (AvgIpc) is 2.79. The number of hydrogen-bond acceptors (Lipinski definition) is 4. The molecule has 2 amide bonds. The zero-order valence-corrected chi connectivity index (χ0v) is 22.9. The van der Waals surface area contributed by atoms with Crippen molar-refractivity contribution in [2.24, 2.45) is 5.41 Å². The van der Waals surface area contributed by atoms with Crippen LogP contribution in [-0.4, -0.2) is 60.0 Å². The van der Waals surface area contributed by atoms with Crippen LogP contribution in [0.1, 0.15) is 73.3 Å². The van der Waals surface area contributed by atoms with Crippen LogP contribution in [0.25, 0.3) is 0 Å². The number of rotatable bonds is 12. The lowest BCUT2D eigenvalue weighted by Crippen LogP contribution is -2.61. The van der Waals surface area contributed by atoms with Gasteiger partial charge in [0, 0.05) is 18.0 Å². The quantitative estimate of drug-likeness (QED) is 0.385. The van der Waals surface area contributed by atoms with Gasteiger partial charge in [0.2, 0.25) is 11.8 Å². The molecular formula is C28H45N3O4. The molecule has 0 heterocycles. The molecule has 0 aliphatic rings.